The SMILES string of the molecule is CC(C)(C)C(=O)NCCC1=[N+]([O-])C(C2CCCCC2)OC1=O. The Bertz CT molecular complexity index is 473. The number of ether oxygens (including phenoxy) is 1. The molecule has 2 rings (SSSR count). The fourth-order valence-corrected chi connectivity index (χ4v) is 2.95. The van der Waals surface area contributed by atoms with Crippen LogP contribution in [0.2, 0.25) is 0 Å². The molecule has 0 aromatic carbocycles. The molecule has 1 N–H and O–H groups in total. The van der Waals surface area contributed by atoms with Gasteiger partial charge >= 0.3 is 12.2 Å². The largest absolute Gasteiger partial charge is 0.621 e. The van der Waals surface area contributed by atoms with Crippen LogP contribution in [0.25, 0.3) is 0 Å². The molecule has 0 bridgehead atoms. The van der Waals surface area contributed by atoms with E-state index in [1.165, 1.54) is 6.42 Å². The standard InChI is InChI=1S/C16H26N2O4/c1-16(2,3)15(20)17-10-9-12-14(19)22-13(18(12)21)11-7-5-4-6-8-11/h11,13H,4-10H2,1-3H3,(H,17,20). The van der Waals surface area contributed by atoms with Crippen molar-refractivity contribution in [1.82, 2.24) is 5.32 Å². The van der Waals surface area contributed by atoms with Gasteiger partial charge in [0.1, 0.15) is 0 Å². The zero-order chi connectivity index (χ0) is 16.3. The van der Waals surface area contributed by atoms with Crippen LogP contribution in [0.1, 0.15) is 59.3 Å². The Morgan fingerprint density at radius 1 is 1.32 bits per heavy atom. The minimum absolute atomic E-state index is 0.0965. The molecule has 1 unspecified atom stereocenters. The van der Waals surface area contributed by atoms with E-state index in [0.717, 1.165) is 30.4 Å². The van der Waals surface area contributed by atoms with Crippen molar-refractivity contribution >= 4 is 17.6 Å². The minimum atomic E-state index is -0.666. The quantitative estimate of drug-likeness (QED) is 0.489. The van der Waals surface area contributed by atoms with Crippen LogP contribution in [0.4, 0.5) is 0 Å². The molecule has 1 aliphatic heterocycles. The lowest BCUT2D eigenvalue weighted by atomic mass is 9.88. The molecule has 0 saturated heterocycles. The summed E-state index contributed by atoms with van der Waals surface area (Å²) in [5, 5.41) is 15.1. The first-order valence-electron chi connectivity index (χ1n) is 8.12. The number of hydrogen-bond acceptors (Lipinski definition) is 4. The van der Waals surface area contributed by atoms with E-state index in [1.807, 2.05) is 20.8 Å². The first-order chi connectivity index (χ1) is 10.3. The molecule has 0 radical (unpaired) electrons. The fraction of sp³-hybridized carbons (Fsp3) is 0.812. The monoisotopic (exact) mass is 310 g/mol. The van der Waals surface area contributed by atoms with Crippen molar-refractivity contribution in [3.05, 3.63) is 5.21 Å². The van der Waals surface area contributed by atoms with Crippen LogP contribution in [0, 0.1) is 16.5 Å². The van der Waals surface area contributed by atoms with E-state index in [1.54, 1.807) is 0 Å². The minimum Gasteiger partial charge on any atom is -0.621 e. The Balaban J connectivity index is 1.92. The van der Waals surface area contributed by atoms with E-state index in [4.69, 9.17) is 4.74 Å². The Morgan fingerprint density at radius 3 is 2.55 bits per heavy atom. The van der Waals surface area contributed by atoms with Gasteiger partial charge in [-0.05, 0) is 12.8 Å². The molecule has 22 heavy (non-hydrogen) atoms. The average Bonchev–Trinajstić information content (AvgIpc) is 2.75. The highest BCUT2D eigenvalue weighted by Gasteiger charge is 2.43. The van der Waals surface area contributed by atoms with E-state index in [-0.39, 0.29) is 30.5 Å². The second-order valence-electron chi connectivity index (χ2n) is 7.22. The van der Waals surface area contributed by atoms with Gasteiger partial charge in [0.2, 0.25) is 5.91 Å². The molecule has 1 heterocycles. The van der Waals surface area contributed by atoms with E-state index >= 15 is 0 Å². The highest BCUT2D eigenvalue weighted by atomic mass is 16.6. The summed E-state index contributed by atoms with van der Waals surface area (Å²) in [7, 11) is 0. The van der Waals surface area contributed by atoms with Crippen LogP contribution >= 0.6 is 0 Å². The lowest BCUT2D eigenvalue weighted by Crippen LogP contribution is -2.37. The van der Waals surface area contributed by atoms with Crippen LogP contribution in [-0.2, 0) is 14.3 Å². The molecule has 2 aliphatic rings. The van der Waals surface area contributed by atoms with Crippen molar-refractivity contribution in [2.75, 3.05) is 6.54 Å². The number of hydroxylamine groups is 1. The average molecular weight is 310 g/mol. The third kappa shape index (κ3) is 3.78. The number of carbonyl (C=O) groups is 2. The van der Waals surface area contributed by atoms with Crippen molar-refractivity contribution < 1.29 is 19.1 Å². The van der Waals surface area contributed by atoms with Gasteiger partial charge in [-0.15, -0.1) is 0 Å². The van der Waals surface area contributed by atoms with Gasteiger partial charge in [0.15, 0.2) is 0 Å². The van der Waals surface area contributed by atoms with Gasteiger partial charge in [-0.2, -0.15) is 4.74 Å². The third-order valence-electron chi connectivity index (χ3n) is 4.34. The van der Waals surface area contributed by atoms with Crippen LogP contribution in [0.3, 0.4) is 0 Å². The number of cyclic esters (lactones) is 1. The van der Waals surface area contributed by atoms with Crippen LogP contribution in [0.15, 0.2) is 0 Å². The number of esters is 1. The van der Waals surface area contributed by atoms with E-state index in [9.17, 15) is 14.8 Å². The number of nitrogens with one attached hydrogen (secondary N) is 1. The fourth-order valence-electron chi connectivity index (χ4n) is 2.95. The molecule has 0 aromatic rings. The number of hydrogen-bond donors (Lipinski definition) is 1. The summed E-state index contributed by atoms with van der Waals surface area (Å²) in [5.41, 5.74) is -0.354. The molecule has 1 aliphatic carbocycles. The summed E-state index contributed by atoms with van der Waals surface area (Å²) >= 11 is 0. The van der Waals surface area contributed by atoms with Crippen LogP contribution < -0.4 is 5.32 Å². The van der Waals surface area contributed by atoms with Gasteiger partial charge < -0.3 is 15.3 Å². The van der Waals surface area contributed by atoms with Crippen molar-refractivity contribution in [1.29, 1.82) is 0 Å². The normalized spacial score (nSPS) is 23.6. The summed E-state index contributed by atoms with van der Waals surface area (Å²) in [6.07, 6.45) is 4.78. The van der Waals surface area contributed by atoms with Gasteiger partial charge in [-0.25, -0.2) is 4.79 Å². The predicted molar refractivity (Wildman–Crippen MR) is 82.2 cm³/mol. The molecule has 6 heteroatoms. The number of nitrogens with zero attached hydrogens (tertiary/aromatic N) is 1. The molecule has 1 atom stereocenters. The van der Waals surface area contributed by atoms with Crippen LogP contribution in [-0.4, -0.2) is 35.1 Å². The molecule has 1 amide bonds. The highest BCUT2D eigenvalue weighted by Crippen LogP contribution is 2.30. The van der Waals surface area contributed by atoms with Crippen LogP contribution in [0.5, 0.6) is 0 Å². The molecule has 0 spiro atoms. The second kappa shape index (κ2) is 6.67. The molecule has 1 fully saturated rings. The Labute approximate surface area is 131 Å². The van der Waals surface area contributed by atoms with Crippen molar-refractivity contribution in [3.63, 3.8) is 0 Å². The zero-order valence-electron chi connectivity index (χ0n) is 13.7. The maximum Gasteiger partial charge on any atom is 0.405 e. The van der Waals surface area contributed by atoms with Gasteiger partial charge in [0.25, 0.3) is 5.71 Å². The second-order valence-corrected chi connectivity index (χ2v) is 7.22. The van der Waals surface area contributed by atoms with Crippen molar-refractivity contribution in [2.24, 2.45) is 11.3 Å². The lowest BCUT2D eigenvalue weighted by Gasteiger charge is -2.24. The van der Waals surface area contributed by atoms with E-state index in [0.29, 0.717) is 0 Å². The summed E-state index contributed by atoms with van der Waals surface area (Å²) < 4.78 is 6.01. The third-order valence-corrected chi connectivity index (χ3v) is 4.34. The molecule has 6 nitrogen and oxygen atoms in total. The smallest absolute Gasteiger partial charge is 0.405 e. The summed E-state index contributed by atoms with van der Waals surface area (Å²) in [6, 6.07) is 0. The van der Waals surface area contributed by atoms with E-state index in [2.05, 4.69) is 5.32 Å². The predicted octanol–water partition coefficient (Wildman–Crippen LogP) is 1.95. The molecular weight excluding hydrogens is 284 g/mol. The highest BCUT2D eigenvalue weighted by molar-refractivity contribution is 6.35. The molecule has 1 saturated carbocycles. The molecule has 124 valence electrons. The molecular formula is C16H26N2O4. The summed E-state index contributed by atoms with van der Waals surface area (Å²) in [5.74, 6) is -0.492. The van der Waals surface area contributed by atoms with E-state index < -0.39 is 17.6 Å². The zero-order valence-corrected chi connectivity index (χ0v) is 13.7. The topological polar surface area (TPSA) is 81.5 Å². The Hall–Kier alpha value is -1.59. The number of carbonyl (C=O) groups excluding carboxylic acids is 2. The van der Waals surface area contributed by atoms with Gasteiger partial charge in [-0.1, -0.05) is 40.0 Å². The maximum absolute atomic E-state index is 12.3. The van der Waals surface area contributed by atoms with Crippen molar-refractivity contribution in [2.45, 2.75) is 65.5 Å². The first-order valence-corrected chi connectivity index (χ1v) is 8.12. The Kier molecular flexibility index (Phi) is 5.08. The summed E-state index contributed by atoms with van der Waals surface area (Å²) in [4.78, 5) is 23.7. The van der Waals surface area contributed by atoms with Gasteiger partial charge in [0, 0.05) is 12.0 Å². The van der Waals surface area contributed by atoms with Gasteiger partial charge in [0.05, 0.1) is 12.3 Å². The maximum atomic E-state index is 12.3. The summed E-state index contributed by atoms with van der Waals surface area (Å²) in [6.45, 7) is 5.73. The number of amides is 1. The van der Waals surface area contributed by atoms with Gasteiger partial charge in [-0.3, -0.25) is 4.79 Å². The van der Waals surface area contributed by atoms with Crippen molar-refractivity contribution in [3.8, 4) is 0 Å². The first kappa shape index (κ1) is 16.8. The Morgan fingerprint density at radius 2 is 1.95 bits per heavy atom. The lowest BCUT2D eigenvalue weighted by molar-refractivity contribution is -0.547. The molecule has 0 aromatic heterocycles. The number of rotatable bonds is 4.